The smallest absolute Gasteiger partial charge is 0.0937 e. The molecule has 17 heavy (non-hydrogen) atoms. The molecule has 0 spiro atoms. The first-order chi connectivity index (χ1) is 8.40. The zero-order chi connectivity index (χ0) is 11.9. The van der Waals surface area contributed by atoms with Gasteiger partial charge in [0.2, 0.25) is 0 Å². The third kappa shape index (κ3) is 3.65. The number of rotatable bonds is 6. The van der Waals surface area contributed by atoms with Crippen LogP contribution in [0.15, 0.2) is 35.8 Å². The fourth-order valence-corrected chi connectivity index (χ4v) is 2.49. The largest absolute Gasteiger partial charge is 0.312 e. The first kappa shape index (κ1) is 12.3. The van der Waals surface area contributed by atoms with Gasteiger partial charge in [0.15, 0.2) is 0 Å². The molecule has 0 atom stereocenters. The molecule has 1 N–H and O–H groups in total. The molecule has 0 aliphatic heterocycles. The summed E-state index contributed by atoms with van der Waals surface area (Å²) in [7, 11) is 0. The van der Waals surface area contributed by atoms with Gasteiger partial charge in [-0.25, -0.2) is 4.98 Å². The zero-order valence-electron chi connectivity index (χ0n) is 10.1. The molecule has 0 saturated heterocycles. The van der Waals surface area contributed by atoms with Crippen LogP contribution in [0.3, 0.4) is 0 Å². The predicted molar refractivity (Wildman–Crippen MR) is 73.3 cm³/mol. The van der Waals surface area contributed by atoms with E-state index < -0.39 is 0 Å². The maximum absolute atomic E-state index is 4.27. The van der Waals surface area contributed by atoms with E-state index in [0.717, 1.165) is 25.9 Å². The number of thiazole rings is 1. The topological polar surface area (TPSA) is 24.9 Å². The first-order valence-electron chi connectivity index (χ1n) is 6.06. The van der Waals surface area contributed by atoms with E-state index in [-0.39, 0.29) is 0 Å². The van der Waals surface area contributed by atoms with Gasteiger partial charge < -0.3 is 5.32 Å². The molecule has 0 saturated carbocycles. The van der Waals surface area contributed by atoms with Gasteiger partial charge in [0.25, 0.3) is 0 Å². The molecule has 2 aromatic rings. The van der Waals surface area contributed by atoms with E-state index in [1.54, 1.807) is 11.3 Å². The van der Waals surface area contributed by atoms with Crippen LogP contribution in [0, 0.1) is 0 Å². The van der Waals surface area contributed by atoms with E-state index in [1.807, 2.05) is 11.6 Å². The van der Waals surface area contributed by atoms with E-state index in [4.69, 9.17) is 0 Å². The normalized spacial score (nSPS) is 10.6. The van der Waals surface area contributed by atoms with Crippen LogP contribution in [0.1, 0.15) is 23.1 Å². The van der Waals surface area contributed by atoms with Crippen LogP contribution in [-0.4, -0.2) is 11.5 Å². The fraction of sp³-hybridized carbons (Fsp3) is 0.357. The average Bonchev–Trinajstić information content (AvgIpc) is 2.88. The number of nitrogens with one attached hydrogen (secondary N) is 1. The molecule has 0 unspecified atom stereocenters. The highest BCUT2D eigenvalue weighted by atomic mass is 32.1. The summed E-state index contributed by atoms with van der Waals surface area (Å²) in [5.74, 6) is 0. The van der Waals surface area contributed by atoms with Crippen molar-refractivity contribution in [1.29, 1.82) is 0 Å². The number of nitrogens with zero attached hydrogens (tertiary/aromatic N) is 1. The van der Waals surface area contributed by atoms with Gasteiger partial charge in [0.1, 0.15) is 0 Å². The first-order valence-corrected chi connectivity index (χ1v) is 6.94. The Balaban J connectivity index is 1.78. The Morgan fingerprint density at radius 2 is 2.06 bits per heavy atom. The van der Waals surface area contributed by atoms with Gasteiger partial charge >= 0.3 is 0 Å². The van der Waals surface area contributed by atoms with Crippen molar-refractivity contribution >= 4 is 11.3 Å². The van der Waals surface area contributed by atoms with E-state index in [1.165, 1.54) is 16.1 Å². The minimum absolute atomic E-state index is 0.954. The molecule has 0 fully saturated rings. The van der Waals surface area contributed by atoms with Crippen molar-refractivity contribution in [2.75, 3.05) is 6.54 Å². The molecule has 1 aromatic carbocycles. The molecule has 2 nitrogen and oxygen atoms in total. The Labute approximate surface area is 107 Å². The lowest BCUT2D eigenvalue weighted by Crippen LogP contribution is -2.17. The second kappa shape index (κ2) is 6.52. The molecule has 2 rings (SSSR count). The van der Waals surface area contributed by atoms with Gasteiger partial charge in [0.05, 0.1) is 5.01 Å². The highest BCUT2D eigenvalue weighted by Gasteiger charge is 1.99. The lowest BCUT2D eigenvalue weighted by Gasteiger charge is -2.08. The Morgan fingerprint density at radius 1 is 1.24 bits per heavy atom. The summed E-state index contributed by atoms with van der Waals surface area (Å²) in [6.45, 7) is 4.15. The summed E-state index contributed by atoms with van der Waals surface area (Å²) in [5, 5.41) is 6.72. The van der Waals surface area contributed by atoms with Crippen LogP contribution >= 0.6 is 11.3 Å². The quantitative estimate of drug-likeness (QED) is 0.792. The lowest BCUT2D eigenvalue weighted by atomic mass is 10.1. The average molecular weight is 246 g/mol. The lowest BCUT2D eigenvalue weighted by molar-refractivity contribution is 0.681. The number of benzene rings is 1. The SMILES string of the molecule is CCc1ccccc1CNCCc1nccs1. The van der Waals surface area contributed by atoms with Crippen molar-refractivity contribution < 1.29 is 0 Å². The zero-order valence-corrected chi connectivity index (χ0v) is 11.0. The molecule has 3 heteroatoms. The molecule has 90 valence electrons. The Kier molecular flexibility index (Phi) is 4.71. The molecule has 0 aliphatic carbocycles. The summed E-state index contributed by atoms with van der Waals surface area (Å²) in [6.07, 6.45) is 3.99. The van der Waals surface area contributed by atoms with E-state index in [2.05, 4.69) is 41.5 Å². The van der Waals surface area contributed by atoms with E-state index >= 15 is 0 Å². The van der Waals surface area contributed by atoms with Gasteiger partial charge in [-0.15, -0.1) is 11.3 Å². The van der Waals surface area contributed by atoms with Crippen LogP contribution in [-0.2, 0) is 19.4 Å². The molecule has 1 aromatic heterocycles. The van der Waals surface area contributed by atoms with Crippen molar-refractivity contribution in [3.63, 3.8) is 0 Å². The number of aryl methyl sites for hydroxylation is 1. The summed E-state index contributed by atoms with van der Waals surface area (Å²) < 4.78 is 0. The van der Waals surface area contributed by atoms with Crippen LogP contribution in [0.5, 0.6) is 0 Å². The Bertz CT molecular complexity index is 437. The van der Waals surface area contributed by atoms with Gasteiger partial charge in [-0.2, -0.15) is 0 Å². The Hall–Kier alpha value is -1.19. The Morgan fingerprint density at radius 3 is 2.76 bits per heavy atom. The van der Waals surface area contributed by atoms with Crippen molar-refractivity contribution in [1.82, 2.24) is 10.3 Å². The highest BCUT2D eigenvalue weighted by molar-refractivity contribution is 7.09. The number of hydrogen-bond donors (Lipinski definition) is 1. The molecule has 1 heterocycles. The minimum Gasteiger partial charge on any atom is -0.312 e. The summed E-state index contributed by atoms with van der Waals surface area (Å²) >= 11 is 1.73. The third-order valence-electron chi connectivity index (χ3n) is 2.81. The van der Waals surface area contributed by atoms with Crippen molar-refractivity contribution in [2.24, 2.45) is 0 Å². The molecule has 0 radical (unpaired) electrons. The van der Waals surface area contributed by atoms with Gasteiger partial charge in [-0.1, -0.05) is 31.2 Å². The maximum atomic E-state index is 4.27. The maximum Gasteiger partial charge on any atom is 0.0937 e. The van der Waals surface area contributed by atoms with Crippen LogP contribution in [0.4, 0.5) is 0 Å². The van der Waals surface area contributed by atoms with Crippen LogP contribution in [0.2, 0.25) is 0 Å². The van der Waals surface area contributed by atoms with Crippen molar-refractivity contribution in [3.8, 4) is 0 Å². The molecule has 0 amide bonds. The number of aromatic nitrogens is 1. The van der Waals surface area contributed by atoms with Crippen molar-refractivity contribution in [2.45, 2.75) is 26.3 Å². The molecule has 0 aliphatic rings. The van der Waals surface area contributed by atoms with Gasteiger partial charge in [0, 0.05) is 31.1 Å². The highest BCUT2D eigenvalue weighted by Crippen LogP contribution is 2.09. The monoisotopic (exact) mass is 246 g/mol. The second-order valence-electron chi connectivity index (χ2n) is 3.97. The van der Waals surface area contributed by atoms with E-state index in [0.29, 0.717) is 0 Å². The predicted octanol–water partition coefficient (Wildman–Crippen LogP) is 3.04. The van der Waals surface area contributed by atoms with Crippen LogP contribution < -0.4 is 5.32 Å². The van der Waals surface area contributed by atoms with Gasteiger partial charge in [-0.05, 0) is 17.5 Å². The van der Waals surface area contributed by atoms with Crippen LogP contribution in [0.25, 0.3) is 0 Å². The van der Waals surface area contributed by atoms with Gasteiger partial charge in [-0.3, -0.25) is 0 Å². The molecule has 0 bridgehead atoms. The fourth-order valence-electron chi connectivity index (χ4n) is 1.87. The summed E-state index contributed by atoms with van der Waals surface area (Å²) in [5.41, 5.74) is 2.85. The minimum atomic E-state index is 0.954. The molecular formula is C14H18N2S. The van der Waals surface area contributed by atoms with Crippen molar-refractivity contribution in [3.05, 3.63) is 52.0 Å². The standard InChI is InChI=1S/C14H18N2S/c1-2-12-5-3-4-6-13(12)11-15-8-7-14-16-9-10-17-14/h3-6,9-10,15H,2,7-8,11H2,1H3. The third-order valence-corrected chi connectivity index (χ3v) is 3.65. The molecular weight excluding hydrogens is 228 g/mol. The number of hydrogen-bond acceptors (Lipinski definition) is 3. The summed E-state index contributed by atoms with van der Waals surface area (Å²) in [4.78, 5) is 4.27. The summed E-state index contributed by atoms with van der Waals surface area (Å²) in [6, 6.07) is 8.63. The second-order valence-corrected chi connectivity index (χ2v) is 4.95. The van der Waals surface area contributed by atoms with E-state index in [9.17, 15) is 0 Å².